The van der Waals surface area contributed by atoms with E-state index in [-0.39, 0.29) is 11.7 Å². The minimum absolute atomic E-state index is 0.0949. The van der Waals surface area contributed by atoms with Crippen LogP contribution < -0.4 is 0 Å². The van der Waals surface area contributed by atoms with Crippen molar-refractivity contribution in [2.45, 2.75) is 46.6 Å². The Labute approximate surface area is 75.0 Å². The van der Waals surface area contributed by atoms with Crippen LogP contribution >= 0.6 is 0 Å². The summed E-state index contributed by atoms with van der Waals surface area (Å²) >= 11 is 0. The number of hydrogen-bond acceptors (Lipinski definition) is 2. The van der Waals surface area contributed by atoms with Crippen LogP contribution in [0.25, 0.3) is 0 Å². The molecule has 72 valence electrons. The SMILES string of the molecule is CCC(C)CC(C)C(O)C(C)=O. The number of aliphatic hydroxyl groups excluding tert-OH is 1. The summed E-state index contributed by atoms with van der Waals surface area (Å²) in [4.78, 5) is 10.8. The zero-order valence-corrected chi connectivity index (χ0v) is 8.50. The Balaban J connectivity index is 3.86. The third-order valence-corrected chi connectivity index (χ3v) is 2.43. The highest BCUT2D eigenvalue weighted by Crippen LogP contribution is 2.17. The molecule has 0 saturated carbocycles. The Morgan fingerprint density at radius 2 is 1.92 bits per heavy atom. The van der Waals surface area contributed by atoms with Gasteiger partial charge in [0.25, 0.3) is 0 Å². The first-order valence-electron chi connectivity index (χ1n) is 4.67. The van der Waals surface area contributed by atoms with Crippen LogP contribution in [0.15, 0.2) is 0 Å². The Bertz CT molecular complexity index is 143. The smallest absolute Gasteiger partial charge is 0.158 e. The summed E-state index contributed by atoms with van der Waals surface area (Å²) in [6.07, 6.45) is 1.27. The normalized spacial score (nSPS) is 18.4. The van der Waals surface area contributed by atoms with Gasteiger partial charge in [0.15, 0.2) is 5.78 Å². The molecule has 0 fully saturated rings. The second-order valence-corrected chi connectivity index (χ2v) is 3.78. The summed E-state index contributed by atoms with van der Waals surface area (Å²) in [6, 6.07) is 0. The monoisotopic (exact) mass is 172 g/mol. The number of carbonyl (C=O) groups is 1. The molecule has 1 N–H and O–H groups in total. The molecule has 0 aromatic rings. The van der Waals surface area contributed by atoms with E-state index in [1.165, 1.54) is 6.92 Å². The molecule has 0 amide bonds. The van der Waals surface area contributed by atoms with Gasteiger partial charge in [-0.15, -0.1) is 0 Å². The highest BCUT2D eigenvalue weighted by atomic mass is 16.3. The third-order valence-electron chi connectivity index (χ3n) is 2.43. The van der Waals surface area contributed by atoms with Crippen molar-refractivity contribution in [1.29, 1.82) is 0 Å². The average Bonchev–Trinajstić information content (AvgIpc) is 2.02. The van der Waals surface area contributed by atoms with Gasteiger partial charge in [-0.25, -0.2) is 0 Å². The molecule has 0 aliphatic rings. The maximum Gasteiger partial charge on any atom is 0.158 e. The highest BCUT2D eigenvalue weighted by Gasteiger charge is 2.19. The van der Waals surface area contributed by atoms with Crippen LogP contribution in [0.3, 0.4) is 0 Å². The minimum Gasteiger partial charge on any atom is -0.385 e. The molecule has 3 unspecified atom stereocenters. The first-order chi connectivity index (χ1) is 5.49. The van der Waals surface area contributed by atoms with Crippen LogP contribution in [0, 0.1) is 11.8 Å². The number of aliphatic hydroxyl groups is 1. The average molecular weight is 172 g/mol. The zero-order chi connectivity index (χ0) is 9.72. The van der Waals surface area contributed by atoms with Crippen molar-refractivity contribution in [3.63, 3.8) is 0 Å². The van der Waals surface area contributed by atoms with E-state index in [1.54, 1.807) is 0 Å². The molecule has 2 heteroatoms. The molecule has 0 rings (SSSR count). The third kappa shape index (κ3) is 3.86. The topological polar surface area (TPSA) is 37.3 Å². The second kappa shape index (κ2) is 5.31. The molecule has 0 spiro atoms. The van der Waals surface area contributed by atoms with Crippen molar-refractivity contribution in [1.82, 2.24) is 0 Å². The lowest BCUT2D eigenvalue weighted by Crippen LogP contribution is -2.26. The predicted octanol–water partition coefficient (Wildman–Crippen LogP) is 2.01. The van der Waals surface area contributed by atoms with Crippen molar-refractivity contribution in [2.75, 3.05) is 0 Å². The van der Waals surface area contributed by atoms with Crippen LogP contribution in [0.5, 0.6) is 0 Å². The maximum atomic E-state index is 10.8. The molecule has 0 bridgehead atoms. The maximum absolute atomic E-state index is 10.8. The van der Waals surface area contributed by atoms with Crippen molar-refractivity contribution < 1.29 is 9.90 Å². The van der Waals surface area contributed by atoms with Gasteiger partial charge < -0.3 is 5.11 Å². The van der Waals surface area contributed by atoms with E-state index in [0.29, 0.717) is 5.92 Å². The molecule has 0 heterocycles. The Kier molecular flexibility index (Phi) is 5.14. The summed E-state index contributed by atoms with van der Waals surface area (Å²) in [6.45, 7) is 7.64. The van der Waals surface area contributed by atoms with Gasteiger partial charge in [0.2, 0.25) is 0 Å². The first-order valence-corrected chi connectivity index (χ1v) is 4.67. The highest BCUT2D eigenvalue weighted by molar-refractivity contribution is 5.80. The van der Waals surface area contributed by atoms with E-state index >= 15 is 0 Å². The molecule has 0 aromatic carbocycles. The van der Waals surface area contributed by atoms with Gasteiger partial charge in [-0.2, -0.15) is 0 Å². The van der Waals surface area contributed by atoms with E-state index < -0.39 is 6.10 Å². The Morgan fingerprint density at radius 1 is 1.42 bits per heavy atom. The molecule has 12 heavy (non-hydrogen) atoms. The van der Waals surface area contributed by atoms with Gasteiger partial charge in [0.1, 0.15) is 6.10 Å². The van der Waals surface area contributed by atoms with Gasteiger partial charge in [0.05, 0.1) is 0 Å². The number of carbonyl (C=O) groups excluding carboxylic acids is 1. The molecular formula is C10H20O2. The van der Waals surface area contributed by atoms with Gasteiger partial charge in [-0.05, 0) is 25.2 Å². The van der Waals surface area contributed by atoms with Crippen molar-refractivity contribution in [2.24, 2.45) is 11.8 Å². The molecule has 0 aliphatic heterocycles. The molecular weight excluding hydrogens is 152 g/mol. The van der Waals surface area contributed by atoms with Crippen molar-refractivity contribution in [3.05, 3.63) is 0 Å². The van der Waals surface area contributed by atoms with Crippen LogP contribution in [0.4, 0.5) is 0 Å². The second-order valence-electron chi connectivity index (χ2n) is 3.78. The van der Waals surface area contributed by atoms with Gasteiger partial charge in [-0.1, -0.05) is 27.2 Å². The zero-order valence-electron chi connectivity index (χ0n) is 8.50. The number of ketones is 1. The molecule has 0 aliphatic carbocycles. The Morgan fingerprint density at radius 3 is 2.25 bits per heavy atom. The van der Waals surface area contributed by atoms with Gasteiger partial charge in [0, 0.05) is 0 Å². The minimum atomic E-state index is -0.765. The van der Waals surface area contributed by atoms with E-state index in [1.807, 2.05) is 6.92 Å². The molecule has 0 aromatic heterocycles. The summed E-state index contributed by atoms with van der Waals surface area (Å²) < 4.78 is 0. The van der Waals surface area contributed by atoms with E-state index in [0.717, 1.165) is 12.8 Å². The molecule has 0 radical (unpaired) electrons. The van der Waals surface area contributed by atoms with E-state index in [4.69, 9.17) is 0 Å². The standard InChI is InChI=1S/C10H20O2/c1-5-7(2)6-8(3)10(12)9(4)11/h7-8,10,12H,5-6H2,1-4H3. The number of Topliss-reactive ketones (excluding diaryl/α,β-unsaturated/α-hetero) is 1. The fourth-order valence-corrected chi connectivity index (χ4v) is 1.33. The molecule has 3 atom stereocenters. The lowest BCUT2D eigenvalue weighted by molar-refractivity contribution is -0.127. The first kappa shape index (κ1) is 11.6. The van der Waals surface area contributed by atoms with Crippen LogP contribution in [-0.2, 0) is 4.79 Å². The van der Waals surface area contributed by atoms with Crippen molar-refractivity contribution >= 4 is 5.78 Å². The lowest BCUT2D eigenvalue weighted by atomic mass is 9.90. The molecule has 0 saturated heterocycles. The fraction of sp³-hybridized carbons (Fsp3) is 0.900. The molecule has 2 nitrogen and oxygen atoms in total. The van der Waals surface area contributed by atoms with E-state index in [9.17, 15) is 9.90 Å². The van der Waals surface area contributed by atoms with Crippen LogP contribution in [0.1, 0.15) is 40.5 Å². The summed E-state index contributed by atoms with van der Waals surface area (Å²) in [5.74, 6) is 0.567. The van der Waals surface area contributed by atoms with Crippen LogP contribution in [-0.4, -0.2) is 17.0 Å². The summed E-state index contributed by atoms with van der Waals surface area (Å²) in [5, 5.41) is 9.39. The quantitative estimate of drug-likeness (QED) is 0.688. The number of hydrogen-bond donors (Lipinski definition) is 1. The fourth-order valence-electron chi connectivity index (χ4n) is 1.33. The summed E-state index contributed by atoms with van der Waals surface area (Å²) in [7, 11) is 0. The summed E-state index contributed by atoms with van der Waals surface area (Å²) in [5.41, 5.74) is 0. The van der Waals surface area contributed by atoms with Gasteiger partial charge in [-0.3, -0.25) is 4.79 Å². The van der Waals surface area contributed by atoms with E-state index in [2.05, 4.69) is 13.8 Å². The van der Waals surface area contributed by atoms with Crippen molar-refractivity contribution in [3.8, 4) is 0 Å². The largest absolute Gasteiger partial charge is 0.385 e. The van der Waals surface area contributed by atoms with Gasteiger partial charge >= 0.3 is 0 Å². The number of rotatable bonds is 5. The Hall–Kier alpha value is -0.370. The predicted molar refractivity (Wildman–Crippen MR) is 49.9 cm³/mol. The lowest BCUT2D eigenvalue weighted by Gasteiger charge is -2.19. The van der Waals surface area contributed by atoms with Crippen LogP contribution in [0.2, 0.25) is 0 Å².